The number of allylic oxidation sites excluding steroid dienone is 1. The number of halogens is 3. The molecule has 3 aliphatic carbocycles. The lowest BCUT2D eigenvalue weighted by Crippen LogP contribution is -2.65. The Hall–Kier alpha value is -1.09. The van der Waals surface area contributed by atoms with Crippen molar-refractivity contribution in [1.82, 2.24) is 4.72 Å². The maximum absolute atomic E-state index is 13.8. The third kappa shape index (κ3) is 3.08. The molecular weight excluding hydrogens is 347 g/mol. The molecule has 1 N–H and O–H groups in total. The van der Waals surface area contributed by atoms with Crippen LogP contribution in [0.15, 0.2) is 11.6 Å². The summed E-state index contributed by atoms with van der Waals surface area (Å²) in [5.41, 5.74) is -3.00. The van der Waals surface area contributed by atoms with Gasteiger partial charge < -0.3 is 4.74 Å². The third-order valence-corrected chi connectivity index (χ3v) is 6.15. The minimum atomic E-state index is -5.13. The third-order valence-electron chi connectivity index (χ3n) is 5.43. The molecule has 0 aromatic rings. The second-order valence-corrected chi connectivity index (χ2v) is 9.02. The summed E-state index contributed by atoms with van der Waals surface area (Å²) >= 11 is 0. The number of carbonyl (C=O) groups is 1. The van der Waals surface area contributed by atoms with Gasteiger partial charge in [0.1, 0.15) is 0 Å². The van der Waals surface area contributed by atoms with Crippen molar-refractivity contribution in [1.29, 1.82) is 0 Å². The molecule has 0 amide bonds. The van der Waals surface area contributed by atoms with E-state index in [2.05, 4.69) is 4.74 Å². The van der Waals surface area contributed by atoms with Gasteiger partial charge in [0, 0.05) is 6.42 Å². The molecule has 2 bridgehead atoms. The van der Waals surface area contributed by atoms with E-state index >= 15 is 0 Å². The Kier molecular flexibility index (Phi) is 4.59. The van der Waals surface area contributed by atoms with Gasteiger partial charge >= 0.3 is 12.1 Å². The first-order valence-corrected chi connectivity index (χ1v) is 9.47. The van der Waals surface area contributed by atoms with E-state index in [9.17, 15) is 26.4 Å². The first-order chi connectivity index (χ1) is 10.7. The molecule has 0 unspecified atom stereocenters. The van der Waals surface area contributed by atoms with Crippen LogP contribution in [0, 0.1) is 17.3 Å². The van der Waals surface area contributed by atoms with E-state index in [0.717, 1.165) is 13.5 Å². The molecule has 3 rings (SSSR count). The van der Waals surface area contributed by atoms with Crippen LogP contribution in [-0.4, -0.2) is 39.5 Å². The van der Waals surface area contributed by atoms with Gasteiger partial charge in [0.25, 0.3) is 0 Å². The zero-order valence-corrected chi connectivity index (χ0v) is 14.8. The smallest absolute Gasteiger partial charge is 0.418 e. The fourth-order valence-corrected chi connectivity index (χ4v) is 4.80. The molecule has 0 aromatic carbocycles. The van der Waals surface area contributed by atoms with Crippen molar-refractivity contribution in [3.8, 4) is 0 Å². The Labute approximate surface area is 139 Å². The number of ether oxygens (including phenoxy) is 1. The van der Waals surface area contributed by atoms with E-state index in [1.807, 2.05) is 13.8 Å². The van der Waals surface area contributed by atoms with Crippen molar-refractivity contribution < 1.29 is 31.1 Å². The first-order valence-electron chi connectivity index (χ1n) is 7.57. The molecule has 3 atom stereocenters. The number of carbonyl (C=O) groups excluding carboxylic acids is 1. The number of rotatable bonds is 5. The SMILES string of the molecule is COC(=O)[C@@](CC1=CC[C@@H]2C[C@H]1C2(C)C)(NS(C)(=O)=O)C(F)(F)F. The lowest BCUT2D eigenvalue weighted by atomic mass is 9.48. The molecule has 9 heteroatoms. The summed E-state index contributed by atoms with van der Waals surface area (Å²) < 4.78 is 70.2. The Balaban J connectivity index is 2.46. The Bertz CT molecular complexity index is 669. The minimum absolute atomic E-state index is 0.0935. The standard InChI is InChI=1S/C15H22F3NO4S/c1-13(2)10-6-5-9(11(13)7-10)8-14(12(20)23-3,15(16,17)18)19-24(4,21)22/h5,10-11,19H,6-8H2,1-4H3/t10-,11-,14-/m1/s1. The average molecular weight is 369 g/mol. The summed E-state index contributed by atoms with van der Waals surface area (Å²) in [6.45, 7) is 3.96. The summed E-state index contributed by atoms with van der Waals surface area (Å²) in [6.07, 6.45) is -2.21. The van der Waals surface area contributed by atoms with Crippen molar-refractivity contribution in [2.45, 2.75) is 44.8 Å². The fraction of sp³-hybridized carbons (Fsp3) is 0.800. The zero-order valence-electron chi connectivity index (χ0n) is 14.0. The van der Waals surface area contributed by atoms with E-state index in [1.165, 1.54) is 4.72 Å². The number of hydrogen-bond acceptors (Lipinski definition) is 4. The van der Waals surface area contributed by atoms with Crippen LogP contribution >= 0.6 is 0 Å². The molecule has 1 fully saturated rings. The van der Waals surface area contributed by atoms with Gasteiger partial charge in [0.05, 0.1) is 13.4 Å². The Morgan fingerprint density at radius 1 is 1.42 bits per heavy atom. The largest absolute Gasteiger partial charge is 0.467 e. The maximum Gasteiger partial charge on any atom is 0.418 e. The van der Waals surface area contributed by atoms with E-state index in [4.69, 9.17) is 0 Å². The van der Waals surface area contributed by atoms with Gasteiger partial charge in [-0.25, -0.2) is 13.2 Å². The molecule has 1 saturated carbocycles. The molecule has 0 heterocycles. The van der Waals surface area contributed by atoms with Gasteiger partial charge in [0.2, 0.25) is 15.6 Å². The van der Waals surface area contributed by atoms with Crippen molar-refractivity contribution in [3.63, 3.8) is 0 Å². The highest BCUT2D eigenvalue weighted by Crippen LogP contribution is 2.60. The summed E-state index contributed by atoms with van der Waals surface area (Å²) in [5.74, 6) is -1.34. The van der Waals surface area contributed by atoms with Crippen molar-refractivity contribution in [2.24, 2.45) is 17.3 Å². The van der Waals surface area contributed by atoms with Crippen molar-refractivity contribution in [2.75, 3.05) is 13.4 Å². The van der Waals surface area contributed by atoms with Crippen molar-refractivity contribution in [3.05, 3.63) is 11.6 Å². The number of esters is 1. The van der Waals surface area contributed by atoms with E-state index in [-0.39, 0.29) is 11.3 Å². The Morgan fingerprint density at radius 2 is 2.00 bits per heavy atom. The van der Waals surface area contributed by atoms with Gasteiger partial charge in [-0.2, -0.15) is 17.9 Å². The molecule has 0 saturated heterocycles. The summed E-state index contributed by atoms with van der Waals surface area (Å²) in [5, 5.41) is 0. The molecule has 138 valence electrons. The average Bonchev–Trinajstić information content (AvgIpc) is 2.42. The van der Waals surface area contributed by atoms with Gasteiger partial charge in [-0.05, 0) is 30.1 Å². The number of alkyl halides is 3. The summed E-state index contributed by atoms with van der Waals surface area (Å²) in [6, 6.07) is 0. The van der Waals surface area contributed by atoms with Gasteiger partial charge in [-0.3, -0.25) is 0 Å². The van der Waals surface area contributed by atoms with Crippen LogP contribution in [0.25, 0.3) is 0 Å². The van der Waals surface area contributed by atoms with Gasteiger partial charge in [0.15, 0.2) is 0 Å². The highest BCUT2D eigenvalue weighted by molar-refractivity contribution is 7.88. The molecule has 0 aromatic heterocycles. The molecule has 24 heavy (non-hydrogen) atoms. The number of sulfonamides is 1. The topological polar surface area (TPSA) is 72.5 Å². The Morgan fingerprint density at radius 3 is 2.38 bits per heavy atom. The quantitative estimate of drug-likeness (QED) is 0.597. The number of nitrogens with one attached hydrogen (secondary N) is 1. The summed E-state index contributed by atoms with van der Waals surface area (Å²) in [7, 11) is -3.49. The first kappa shape index (κ1) is 19.2. The second-order valence-electron chi connectivity index (χ2n) is 7.27. The van der Waals surface area contributed by atoms with Crippen LogP contribution < -0.4 is 4.72 Å². The molecule has 0 spiro atoms. The van der Waals surface area contributed by atoms with Gasteiger partial charge in [-0.15, -0.1) is 0 Å². The molecule has 3 aliphatic rings. The lowest BCUT2D eigenvalue weighted by Gasteiger charge is -2.57. The summed E-state index contributed by atoms with van der Waals surface area (Å²) in [4.78, 5) is 12.0. The maximum atomic E-state index is 13.8. The fourth-order valence-electron chi connectivity index (χ4n) is 3.90. The predicted molar refractivity (Wildman–Crippen MR) is 81.5 cm³/mol. The van der Waals surface area contributed by atoms with E-state index < -0.39 is 34.1 Å². The highest BCUT2D eigenvalue weighted by atomic mass is 32.2. The van der Waals surface area contributed by atoms with E-state index in [0.29, 0.717) is 24.2 Å². The molecular formula is C15H22F3NO4S. The van der Waals surface area contributed by atoms with Crippen LogP contribution in [-0.2, 0) is 19.6 Å². The van der Waals surface area contributed by atoms with Crippen LogP contribution in [0.1, 0.15) is 33.1 Å². The van der Waals surface area contributed by atoms with Crippen LogP contribution in [0.5, 0.6) is 0 Å². The van der Waals surface area contributed by atoms with E-state index in [1.54, 1.807) is 6.08 Å². The zero-order chi connectivity index (χ0) is 18.6. The highest BCUT2D eigenvalue weighted by Gasteiger charge is 2.65. The molecule has 5 nitrogen and oxygen atoms in total. The molecule has 0 radical (unpaired) electrons. The molecule has 0 aliphatic heterocycles. The van der Waals surface area contributed by atoms with Crippen LogP contribution in [0.3, 0.4) is 0 Å². The number of fused-ring (bicyclic) bond motifs is 1. The van der Waals surface area contributed by atoms with Gasteiger partial charge in [-0.1, -0.05) is 25.5 Å². The number of hydrogen-bond donors (Lipinski definition) is 1. The normalized spacial score (nSPS) is 28.4. The van der Waals surface area contributed by atoms with Crippen LogP contribution in [0.2, 0.25) is 0 Å². The minimum Gasteiger partial charge on any atom is -0.467 e. The number of methoxy groups -OCH3 is 1. The lowest BCUT2D eigenvalue weighted by molar-refractivity contribution is -0.208. The van der Waals surface area contributed by atoms with Crippen LogP contribution in [0.4, 0.5) is 13.2 Å². The predicted octanol–water partition coefficient (Wildman–Crippen LogP) is 2.39. The van der Waals surface area contributed by atoms with Crippen molar-refractivity contribution >= 4 is 16.0 Å². The monoisotopic (exact) mass is 369 g/mol. The second kappa shape index (κ2) is 5.72.